The smallest absolute Gasteiger partial charge is 0 e. The van der Waals surface area contributed by atoms with Crippen LogP contribution < -0.4 is 0 Å². The van der Waals surface area contributed by atoms with Crippen molar-refractivity contribution in [2.24, 2.45) is 0 Å². The first-order valence-electron chi connectivity index (χ1n) is 6.74. The molecule has 0 nitrogen and oxygen atoms in total. The van der Waals surface area contributed by atoms with Crippen LogP contribution in [0.2, 0.25) is 0 Å². The second-order valence-corrected chi connectivity index (χ2v) is 4.27. The fraction of sp³-hybridized carbons (Fsp3) is 0. The van der Waals surface area contributed by atoms with Crippen molar-refractivity contribution in [3.8, 4) is 0 Å². The molecule has 2 aliphatic rings. The van der Waals surface area contributed by atoms with Crippen molar-refractivity contribution in [2.75, 3.05) is 0 Å². The van der Waals surface area contributed by atoms with Crippen LogP contribution in [-0.4, -0.2) is 0 Å². The molecule has 0 amide bonds. The van der Waals surface area contributed by atoms with Gasteiger partial charge in [0.2, 0.25) is 0 Å². The van der Waals surface area contributed by atoms with Crippen molar-refractivity contribution in [2.45, 2.75) is 0 Å². The molecule has 0 aromatic heterocycles. The maximum absolute atomic E-state index is 2.12. The fourth-order valence-corrected chi connectivity index (χ4v) is 1.77. The molecule has 118 valence electrons. The van der Waals surface area contributed by atoms with Crippen LogP contribution >= 0.6 is 0 Å². The quantitative estimate of drug-likeness (QED) is 0.442. The van der Waals surface area contributed by atoms with E-state index in [-0.39, 0.29) is 34.1 Å². The molecular formula is C20H18Fe2-4. The minimum atomic E-state index is 0. The second-order valence-electron chi connectivity index (χ2n) is 4.27. The van der Waals surface area contributed by atoms with Gasteiger partial charge in [-0.1, -0.05) is 12.2 Å². The molecule has 0 bridgehead atoms. The van der Waals surface area contributed by atoms with E-state index in [2.05, 4.69) is 49.3 Å². The van der Waals surface area contributed by atoms with Gasteiger partial charge in [0.25, 0.3) is 0 Å². The summed E-state index contributed by atoms with van der Waals surface area (Å²) in [6, 6.07) is 20.0. The van der Waals surface area contributed by atoms with Crippen molar-refractivity contribution in [1.29, 1.82) is 0 Å². The number of rotatable bonds is 0. The molecule has 2 aromatic rings. The Kier molecular flexibility index (Phi) is 12.2. The fourth-order valence-electron chi connectivity index (χ4n) is 1.77. The Hall–Kier alpha value is -1.56. The van der Waals surface area contributed by atoms with E-state index in [1.54, 1.807) is 0 Å². The topological polar surface area (TPSA) is 0 Å². The van der Waals surface area contributed by atoms with Crippen LogP contribution in [0.5, 0.6) is 0 Å². The summed E-state index contributed by atoms with van der Waals surface area (Å²) in [5, 5.41) is 0. The maximum Gasteiger partial charge on any atom is 0 e. The SMILES string of the molecule is C1=CC(=C2[CH-]C=C[CH-]2)C=C1.[Fe].[Fe].c1cc[cH-]c1.c1cc[cH-]c1. The minimum Gasteiger partial charge on any atom is -0.303 e. The standard InChI is InChI=1S/C10H8.2C5H5.2Fe/c1-2-6-9(5-1)10-7-3-4-8-10;2*1-2-4-5-3-1;;/h1-8H;2*1-5H;;/q-2;2*-1;;. The van der Waals surface area contributed by atoms with Crippen LogP contribution in [-0.2, 0) is 34.1 Å². The van der Waals surface area contributed by atoms with Gasteiger partial charge in [-0.25, -0.2) is 36.8 Å². The Balaban J connectivity index is 0.000000316. The first kappa shape index (κ1) is 20.4. The van der Waals surface area contributed by atoms with Gasteiger partial charge in [0.15, 0.2) is 0 Å². The Bertz CT molecular complexity index is 483. The van der Waals surface area contributed by atoms with E-state index < -0.39 is 0 Å². The molecule has 0 unspecified atom stereocenters. The van der Waals surface area contributed by atoms with Gasteiger partial charge < -0.3 is 6.42 Å². The van der Waals surface area contributed by atoms with Crippen molar-refractivity contribution in [3.63, 3.8) is 0 Å². The molecule has 0 atom stereocenters. The maximum atomic E-state index is 2.12. The summed E-state index contributed by atoms with van der Waals surface area (Å²) in [6.07, 6.45) is 16.7. The second kappa shape index (κ2) is 13.1. The molecule has 0 heterocycles. The molecule has 0 saturated heterocycles. The molecular weight excluding hydrogens is 352 g/mol. The average molecular weight is 370 g/mol. The normalized spacial score (nSPS) is 12.7. The van der Waals surface area contributed by atoms with Gasteiger partial charge in [-0.15, -0.1) is 12.2 Å². The Labute approximate surface area is 155 Å². The van der Waals surface area contributed by atoms with E-state index in [0.717, 1.165) is 0 Å². The summed E-state index contributed by atoms with van der Waals surface area (Å²) < 4.78 is 0. The van der Waals surface area contributed by atoms with Gasteiger partial charge >= 0.3 is 0 Å². The largest absolute Gasteiger partial charge is 0.303 e. The van der Waals surface area contributed by atoms with Gasteiger partial charge in [0.1, 0.15) is 0 Å². The molecule has 0 saturated carbocycles. The molecule has 22 heavy (non-hydrogen) atoms. The molecule has 0 radical (unpaired) electrons. The summed E-state index contributed by atoms with van der Waals surface area (Å²) in [6.45, 7) is 0. The Morgan fingerprint density at radius 3 is 1.32 bits per heavy atom. The first-order valence-corrected chi connectivity index (χ1v) is 6.74. The van der Waals surface area contributed by atoms with Crippen molar-refractivity contribution < 1.29 is 34.1 Å². The van der Waals surface area contributed by atoms with Crippen molar-refractivity contribution >= 4 is 0 Å². The number of hydrogen-bond acceptors (Lipinski definition) is 0. The van der Waals surface area contributed by atoms with E-state index >= 15 is 0 Å². The molecule has 2 aromatic carbocycles. The molecule has 0 aliphatic heterocycles. The van der Waals surface area contributed by atoms with Gasteiger partial charge in [0.05, 0.1) is 0 Å². The summed E-state index contributed by atoms with van der Waals surface area (Å²) in [5.41, 5.74) is 2.62. The van der Waals surface area contributed by atoms with E-state index in [9.17, 15) is 0 Å². The Morgan fingerprint density at radius 1 is 0.591 bits per heavy atom. The van der Waals surface area contributed by atoms with E-state index in [0.29, 0.717) is 0 Å². The summed E-state index contributed by atoms with van der Waals surface area (Å²) in [5.74, 6) is 0. The predicted octanol–water partition coefficient (Wildman–Crippen LogP) is 5.19. The van der Waals surface area contributed by atoms with Crippen LogP contribution in [0.15, 0.2) is 108 Å². The van der Waals surface area contributed by atoms with Crippen LogP contribution in [0.4, 0.5) is 0 Å². The minimum absolute atomic E-state index is 0. The number of hydrogen-bond donors (Lipinski definition) is 0. The molecule has 2 heteroatoms. The van der Waals surface area contributed by atoms with Crippen molar-refractivity contribution in [1.82, 2.24) is 0 Å². The van der Waals surface area contributed by atoms with Gasteiger partial charge in [-0.2, -0.15) is 42.0 Å². The first-order chi connectivity index (χ1) is 9.97. The van der Waals surface area contributed by atoms with Crippen LogP contribution in [0.3, 0.4) is 0 Å². The third-order valence-corrected chi connectivity index (χ3v) is 2.77. The summed E-state index contributed by atoms with van der Waals surface area (Å²) >= 11 is 0. The summed E-state index contributed by atoms with van der Waals surface area (Å²) in [7, 11) is 0. The monoisotopic (exact) mass is 370 g/mol. The van der Waals surface area contributed by atoms with Crippen LogP contribution in [0.1, 0.15) is 0 Å². The van der Waals surface area contributed by atoms with E-state index in [1.807, 2.05) is 60.7 Å². The summed E-state index contributed by atoms with van der Waals surface area (Å²) in [4.78, 5) is 0. The van der Waals surface area contributed by atoms with Crippen LogP contribution in [0.25, 0.3) is 0 Å². The number of allylic oxidation sites excluding steroid dienone is 8. The predicted molar refractivity (Wildman–Crippen MR) is 87.1 cm³/mol. The molecule has 4 rings (SSSR count). The molecule has 2 aliphatic carbocycles. The Morgan fingerprint density at radius 2 is 1.00 bits per heavy atom. The zero-order valence-corrected chi connectivity index (χ0v) is 14.3. The zero-order chi connectivity index (χ0) is 13.9. The third kappa shape index (κ3) is 8.02. The van der Waals surface area contributed by atoms with Gasteiger partial charge in [-0.3, -0.25) is 11.6 Å². The third-order valence-electron chi connectivity index (χ3n) is 2.77. The van der Waals surface area contributed by atoms with E-state index in [4.69, 9.17) is 0 Å². The average Bonchev–Trinajstić information content (AvgIpc) is 3.35. The van der Waals surface area contributed by atoms with Gasteiger partial charge in [-0.05, 0) is 0 Å². The van der Waals surface area contributed by atoms with Gasteiger partial charge in [0, 0.05) is 34.1 Å². The zero-order valence-electron chi connectivity index (χ0n) is 12.1. The van der Waals surface area contributed by atoms with Crippen LogP contribution in [0, 0.1) is 12.8 Å². The molecule has 0 fully saturated rings. The molecule has 0 spiro atoms. The molecule has 0 N–H and O–H groups in total. The van der Waals surface area contributed by atoms with Crippen molar-refractivity contribution in [3.05, 3.63) is 121 Å². The van der Waals surface area contributed by atoms with E-state index in [1.165, 1.54) is 11.1 Å².